The average Bonchev–Trinajstić information content (AvgIpc) is 3.21. The summed E-state index contributed by atoms with van der Waals surface area (Å²) in [6, 6.07) is 9.69. The number of rotatable bonds is 4. The first-order valence-electron chi connectivity index (χ1n) is 7.84. The molecule has 2 aromatic heterocycles. The lowest BCUT2D eigenvalue weighted by molar-refractivity contribution is -0.192. The molecule has 0 aliphatic heterocycles. The Morgan fingerprint density at radius 3 is 2.50 bits per heavy atom. The van der Waals surface area contributed by atoms with Crippen LogP contribution in [-0.2, 0) is 11.3 Å². The summed E-state index contributed by atoms with van der Waals surface area (Å²) in [7, 11) is 3.98. The van der Waals surface area contributed by atoms with Gasteiger partial charge in [-0.3, -0.25) is 10.2 Å². The van der Waals surface area contributed by atoms with E-state index >= 15 is 0 Å². The Hall–Kier alpha value is -2.92. The molecule has 2 heterocycles. The summed E-state index contributed by atoms with van der Waals surface area (Å²) in [4.78, 5) is 28.4. The van der Waals surface area contributed by atoms with Crippen molar-refractivity contribution in [3.05, 3.63) is 52.5 Å². The zero-order valence-corrected chi connectivity index (χ0v) is 15.7. The van der Waals surface area contributed by atoms with Crippen molar-refractivity contribution in [2.45, 2.75) is 12.7 Å². The lowest BCUT2D eigenvalue weighted by Crippen LogP contribution is -2.23. The number of nitrogens with one attached hydrogen (secondary N) is 1. The number of alkyl halides is 3. The maximum atomic E-state index is 12.5. The third-order valence-electron chi connectivity index (χ3n) is 3.36. The Labute approximate surface area is 162 Å². The Balaban J connectivity index is 0.000000345. The molecule has 7 nitrogen and oxygen atoms in total. The maximum Gasteiger partial charge on any atom is 0.490 e. The van der Waals surface area contributed by atoms with Crippen LogP contribution in [0.25, 0.3) is 11.0 Å². The summed E-state index contributed by atoms with van der Waals surface area (Å²) < 4.78 is 33.4. The summed E-state index contributed by atoms with van der Waals surface area (Å²) in [5, 5.41) is 9.07. The number of fused-ring (bicyclic) bond motifs is 1. The van der Waals surface area contributed by atoms with Gasteiger partial charge >= 0.3 is 12.1 Å². The lowest BCUT2D eigenvalue weighted by atomic mass is 10.2. The fraction of sp³-hybridized carbons (Fsp3) is 0.235. The van der Waals surface area contributed by atoms with Crippen molar-refractivity contribution in [3.63, 3.8) is 0 Å². The van der Waals surface area contributed by atoms with Gasteiger partial charge in [-0.2, -0.15) is 13.2 Å². The van der Waals surface area contributed by atoms with Crippen molar-refractivity contribution >= 4 is 34.2 Å². The molecular weight excluding hydrogens is 397 g/mol. The maximum absolute atomic E-state index is 12.5. The van der Waals surface area contributed by atoms with E-state index in [1.165, 1.54) is 11.3 Å². The number of para-hydroxylation sites is 2. The quantitative estimate of drug-likeness (QED) is 0.685. The highest BCUT2D eigenvalue weighted by atomic mass is 32.1. The van der Waals surface area contributed by atoms with Crippen molar-refractivity contribution in [3.8, 4) is 0 Å². The van der Waals surface area contributed by atoms with Crippen molar-refractivity contribution in [2.75, 3.05) is 19.5 Å². The fourth-order valence-corrected chi connectivity index (χ4v) is 3.01. The van der Waals surface area contributed by atoms with E-state index in [1.807, 2.05) is 54.7 Å². The van der Waals surface area contributed by atoms with Gasteiger partial charge in [0.15, 0.2) is 0 Å². The van der Waals surface area contributed by atoms with Crippen LogP contribution in [0, 0.1) is 0 Å². The fourth-order valence-electron chi connectivity index (χ4n) is 2.21. The standard InChI is InChI=1S/C15H16N4OS.C2HF3O2/c1-18(2)9-11-7-8-21-14(11)15(20)17-19-10-16-12-5-3-4-6-13(12)19;3-2(4,5)1(6)7/h3-8,10H,9H2,1-2H3,(H,17,20);(H,6,7). The molecular formula is C17H17F3N4O3S. The second-order valence-electron chi connectivity index (χ2n) is 5.86. The number of imidazole rings is 1. The molecule has 28 heavy (non-hydrogen) atoms. The van der Waals surface area contributed by atoms with E-state index in [9.17, 15) is 18.0 Å². The molecule has 0 saturated heterocycles. The topological polar surface area (TPSA) is 87.5 Å². The smallest absolute Gasteiger partial charge is 0.475 e. The summed E-state index contributed by atoms with van der Waals surface area (Å²) in [6.07, 6.45) is -3.46. The number of aromatic nitrogens is 2. The predicted octanol–water partition coefficient (Wildman–Crippen LogP) is 3.18. The molecule has 1 aromatic carbocycles. The van der Waals surface area contributed by atoms with Gasteiger partial charge in [-0.1, -0.05) is 12.1 Å². The van der Waals surface area contributed by atoms with Crippen LogP contribution in [0.4, 0.5) is 13.2 Å². The predicted molar refractivity (Wildman–Crippen MR) is 98.8 cm³/mol. The van der Waals surface area contributed by atoms with E-state index in [0.717, 1.165) is 28.0 Å². The van der Waals surface area contributed by atoms with Gasteiger partial charge in [0.2, 0.25) is 0 Å². The molecule has 1 amide bonds. The number of hydrogen-bond donors (Lipinski definition) is 2. The number of carbonyl (C=O) groups excluding carboxylic acids is 1. The molecule has 0 bridgehead atoms. The highest BCUT2D eigenvalue weighted by Crippen LogP contribution is 2.19. The molecule has 0 aliphatic rings. The molecule has 2 N–H and O–H groups in total. The summed E-state index contributed by atoms with van der Waals surface area (Å²) >= 11 is 1.45. The first-order chi connectivity index (χ1) is 13.1. The molecule has 0 aliphatic carbocycles. The van der Waals surface area contributed by atoms with Crippen LogP contribution in [0.1, 0.15) is 15.2 Å². The summed E-state index contributed by atoms with van der Waals surface area (Å²) in [6.45, 7) is 0.747. The molecule has 150 valence electrons. The number of benzene rings is 1. The van der Waals surface area contributed by atoms with Crippen LogP contribution in [-0.4, -0.2) is 51.8 Å². The van der Waals surface area contributed by atoms with E-state index in [2.05, 4.69) is 10.4 Å². The molecule has 0 unspecified atom stereocenters. The monoisotopic (exact) mass is 414 g/mol. The largest absolute Gasteiger partial charge is 0.490 e. The first-order valence-corrected chi connectivity index (χ1v) is 8.72. The molecule has 0 saturated carbocycles. The van der Waals surface area contributed by atoms with Crippen LogP contribution >= 0.6 is 11.3 Å². The molecule has 0 fully saturated rings. The molecule has 0 atom stereocenters. The first kappa shape index (κ1) is 21.4. The number of nitrogens with zero attached hydrogens (tertiary/aromatic N) is 3. The van der Waals surface area contributed by atoms with E-state index < -0.39 is 12.1 Å². The lowest BCUT2D eigenvalue weighted by Gasteiger charge is -2.11. The van der Waals surface area contributed by atoms with Gasteiger partial charge in [0, 0.05) is 6.54 Å². The number of carbonyl (C=O) groups is 2. The van der Waals surface area contributed by atoms with E-state index in [0.29, 0.717) is 0 Å². The van der Waals surface area contributed by atoms with Gasteiger partial charge in [-0.25, -0.2) is 14.5 Å². The van der Waals surface area contributed by atoms with E-state index in [-0.39, 0.29) is 5.91 Å². The zero-order valence-electron chi connectivity index (χ0n) is 14.9. The average molecular weight is 414 g/mol. The number of aliphatic carboxylic acids is 1. The second kappa shape index (κ2) is 8.85. The third kappa shape index (κ3) is 5.54. The third-order valence-corrected chi connectivity index (χ3v) is 4.31. The number of carboxylic acid groups (broad SMARTS) is 1. The SMILES string of the molecule is CN(C)Cc1ccsc1C(=O)Nn1cnc2ccccc21.O=C(O)C(F)(F)F. The van der Waals surface area contributed by atoms with Crippen molar-refractivity contribution in [2.24, 2.45) is 0 Å². The Kier molecular flexibility index (Phi) is 6.75. The number of amides is 1. The van der Waals surface area contributed by atoms with Gasteiger partial charge in [0.05, 0.1) is 15.9 Å². The van der Waals surface area contributed by atoms with Gasteiger partial charge in [-0.05, 0) is 43.2 Å². The van der Waals surface area contributed by atoms with Gasteiger partial charge in [0.1, 0.15) is 6.33 Å². The minimum atomic E-state index is -5.08. The highest BCUT2D eigenvalue weighted by molar-refractivity contribution is 7.12. The van der Waals surface area contributed by atoms with Crippen molar-refractivity contribution in [1.29, 1.82) is 0 Å². The van der Waals surface area contributed by atoms with Crippen molar-refractivity contribution < 1.29 is 27.9 Å². The highest BCUT2D eigenvalue weighted by Gasteiger charge is 2.38. The van der Waals surface area contributed by atoms with Gasteiger partial charge in [-0.15, -0.1) is 11.3 Å². The molecule has 11 heteroatoms. The van der Waals surface area contributed by atoms with Crippen molar-refractivity contribution in [1.82, 2.24) is 14.6 Å². The number of halogens is 3. The molecule has 3 rings (SSSR count). The number of hydrogen-bond acceptors (Lipinski definition) is 5. The molecule has 3 aromatic rings. The Bertz CT molecular complexity index is 966. The molecule has 0 spiro atoms. The van der Waals surface area contributed by atoms with Gasteiger partial charge < -0.3 is 10.0 Å². The Morgan fingerprint density at radius 1 is 1.25 bits per heavy atom. The summed E-state index contributed by atoms with van der Waals surface area (Å²) in [5.41, 5.74) is 5.67. The number of thiophene rings is 1. The van der Waals surface area contributed by atoms with Gasteiger partial charge in [0.25, 0.3) is 5.91 Å². The minimum Gasteiger partial charge on any atom is -0.475 e. The number of carboxylic acids is 1. The van der Waals surface area contributed by atoms with Crippen LogP contribution < -0.4 is 5.43 Å². The van der Waals surface area contributed by atoms with Crippen LogP contribution in [0.15, 0.2) is 42.0 Å². The zero-order chi connectivity index (χ0) is 20.9. The van der Waals surface area contributed by atoms with E-state index in [1.54, 1.807) is 11.0 Å². The summed E-state index contributed by atoms with van der Waals surface area (Å²) in [5.74, 6) is -2.86. The van der Waals surface area contributed by atoms with Crippen LogP contribution in [0.5, 0.6) is 0 Å². The van der Waals surface area contributed by atoms with Crippen LogP contribution in [0.3, 0.4) is 0 Å². The Morgan fingerprint density at radius 2 is 1.89 bits per heavy atom. The minimum absolute atomic E-state index is 0.106. The van der Waals surface area contributed by atoms with Crippen LogP contribution in [0.2, 0.25) is 0 Å². The normalized spacial score (nSPS) is 11.2. The molecule has 0 radical (unpaired) electrons. The second-order valence-corrected chi connectivity index (χ2v) is 6.78. The van der Waals surface area contributed by atoms with E-state index in [4.69, 9.17) is 9.90 Å².